The van der Waals surface area contributed by atoms with Crippen LogP contribution in [0.4, 0.5) is 5.69 Å². The van der Waals surface area contributed by atoms with Gasteiger partial charge in [0.2, 0.25) is 10.0 Å². The van der Waals surface area contributed by atoms with Crippen LogP contribution in [0.15, 0.2) is 53.4 Å². The van der Waals surface area contributed by atoms with Crippen molar-refractivity contribution < 1.29 is 22.7 Å². The lowest BCUT2D eigenvalue weighted by molar-refractivity contribution is -0.118. The highest BCUT2D eigenvalue weighted by Crippen LogP contribution is 2.22. The number of nitrogens with zero attached hydrogens (tertiary/aromatic N) is 2. The fourth-order valence-corrected chi connectivity index (χ4v) is 5.59. The Kier molecular flexibility index (Phi) is 8.04. The highest BCUT2D eigenvalue weighted by molar-refractivity contribution is 7.89. The number of ether oxygens (including phenoxy) is 1. The molecule has 0 atom stereocenters. The summed E-state index contributed by atoms with van der Waals surface area (Å²) in [6.45, 7) is 2.89. The van der Waals surface area contributed by atoms with Crippen LogP contribution in [0.3, 0.4) is 0 Å². The SMILES string of the molecule is CN1CCN(C(=O)c2ccc(NC(=O)COc3ccc(S(=O)(=O)NC4CCCC4)cc3)cc2)CC1. The first-order valence-electron chi connectivity index (χ1n) is 11.9. The van der Waals surface area contributed by atoms with Gasteiger partial charge in [0.1, 0.15) is 5.75 Å². The maximum absolute atomic E-state index is 12.6. The molecular formula is C25H32N4O5S. The number of nitrogens with one attached hydrogen (secondary N) is 2. The molecule has 1 aliphatic heterocycles. The first-order chi connectivity index (χ1) is 16.8. The summed E-state index contributed by atoms with van der Waals surface area (Å²) in [7, 11) is -1.53. The van der Waals surface area contributed by atoms with Crippen molar-refractivity contribution in [3.8, 4) is 5.75 Å². The largest absolute Gasteiger partial charge is 0.484 e. The van der Waals surface area contributed by atoms with Gasteiger partial charge in [-0.2, -0.15) is 0 Å². The molecule has 1 aliphatic carbocycles. The van der Waals surface area contributed by atoms with E-state index < -0.39 is 10.0 Å². The van der Waals surface area contributed by atoms with E-state index in [2.05, 4.69) is 14.9 Å². The first kappa shape index (κ1) is 25.2. The zero-order chi connectivity index (χ0) is 24.8. The second-order valence-electron chi connectivity index (χ2n) is 9.08. The number of amides is 2. The van der Waals surface area contributed by atoms with Crippen molar-refractivity contribution in [2.24, 2.45) is 0 Å². The molecule has 2 aliphatic rings. The molecule has 2 fully saturated rings. The smallest absolute Gasteiger partial charge is 0.262 e. The minimum atomic E-state index is -3.57. The number of likely N-dealkylation sites (N-methyl/N-ethyl adjacent to an activating group) is 1. The molecule has 0 unspecified atom stereocenters. The molecule has 10 heteroatoms. The highest BCUT2D eigenvalue weighted by atomic mass is 32.2. The van der Waals surface area contributed by atoms with E-state index >= 15 is 0 Å². The predicted molar refractivity (Wildman–Crippen MR) is 133 cm³/mol. The van der Waals surface area contributed by atoms with Crippen molar-refractivity contribution >= 4 is 27.5 Å². The van der Waals surface area contributed by atoms with Crippen molar-refractivity contribution in [1.82, 2.24) is 14.5 Å². The Balaban J connectivity index is 1.25. The van der Waals surface area contributed by atoms with E-state index in [1.807, 2.05) is 11.9 Å². The zero-order valence-electron chi connectivity index (χ0n) is 19.9. The zero-order valence-corrected chi connectivity index (χ0v) is 20.7. The number of rotatable bonds is 8. The molecule has 2 amide bonds. The van der Waals surface area contributed by atoms with Crippen molar-refractivity contribution in [1.29, 1.82) is 0 Å². The van der Waals surface area contributed by atoms with E-state index in [1.165, 1.54) is 24.3 Å². The van der Waals surface area contributed by atoms with Gasteiger partial charge in [-0.15, -0.1) is 0 Å². The molecule has 1 saturated heterocycles. The molecular weight excluding hydrogens is 468 g/mol. The molecule has 0 radical (unpaired) electrons. The minimum absolute atomic E-state index is 0.00130. The first-order valence-corrected chi connectivity index (χ1v) is 13.4. The van der Waals surface area contributed by atoms with Crippen molar-refractivity contribution in [2.45, 2.75) is 36.6 Å². The third kappa shape index (κ3) is 6.81. The molecule has 2 N–H and O–H groups in total. The number of benzene rings is 2. The van der Waals surface area contributed by atoms with Gasteiger partial charge in [0.25, 0.3) is 11.8 Å². The monoisotopic (exact) mass is 500 g/mol. The molecule has 0 bridgehead atoms. The van der Waals surface area contributed by atoms with Crippen molar-refractivity contribution in [2.75, 3.05) is 45.2 Å². The molecule has 188 valence electrons. The lowest BCUT2D eigenvalue weighted by Crippen LogP contribution is -2.47. The van der Waals surface area contributed by atoms with Crippen molar-refractivity contribution in [3.63, 3.8) is 0 Å². The maximum atomic E-state index is 12.6. The van der Waals surface area contributed by atoms with Crippen LogP contribution in [0.2, 0.25) is 0 Å². The van der Waals surface area contributed by atoms with Gasteiger partial charge in [-0.1, -0.05) is 12.8 Å². The summed E-state index contributed by atoms with van der Waals surface area (Å²) >= 11 is 0. The lowest BCUT2D eigenvalue weighted by Gasteiger charge is -2.32. The number of hydrogen-bond donors (Lipinski definition) is 2. The molecule has 0 aromatic heterocycles. The van der Waals surface area contributed by atoms with E-state index in [0.717, 1.165) is 38.8 Å². The Morgan fingerprint density at radius 2 is 1.57 bits per heavy atom. The fraction of sp³-hybridized carbons (Fsp3) is 0.440. The average molecular weight is 501 g/mol. The van der Waals surface area contributed by atoms with E-state index in [0.29, 0.717) is 30.1 Å². The van der Waals surface area contributed by atoms with E-state index in [4.69, 9.17) is 4.74 Å². The van der Waals surface area contributed by atoms with Crippen molar-refractivity contribution in [3.05, 3.63) is 54.1 Å². The topological polar surface area (TPSA) is 108 Å². The Bertz CT molecular complexity index is 1120. The number of anilines is 1. The Morgan fingerprint density at radius 1 is 0.943 bits per heavy atom. The number of piperazine rings is 1. The third-order valence-electron chi connectivity index (χ3n) is 6.39. The number of carbonyl (C=O) groups excluding carboxylic acids is 2. The molecule has 2 aromatic rings. The Labute approximate surface area is 206 Å². The summed E-state index contributed by atoms with van der Waals surface area (Å²) in [5.74, 6) is 0.0269. The molecule has 1 saturated carbocycles. The number of sulfonamides is 1. The summed E-state index contributed by atoms with van der Waals surface area (Å²) in [5.41, 5.74) is 1.15. The fourth-order valence-electron chi connectivity index (χ4n) is 4.28. The van der Waals surface area contributed by atoms with Gasteiger partial charge >= 0.3 is 0 Å². The summed E-state index contributed by atoms with van der Waals surface area (Å²) in [4.78, 5) is 29.1. The molecule has 4 rings (SSSR count). The summed E-state index contributed by atoms with van der Waals surface area (Å²) in [6, 6.07) is 12.8. The molecule has 35 heavy (non-hydrogen) atoms. The van der Waals surface area contributed by atoms with Gasteiger partial charge in [-0.25, -0.2) is 13.1 Å². The lowest BCUT2D eigenvalue weighted by atomic mass is 10.1. The van der Waals surface area contributed by atoms with Crippen LogP contribution >= 0.6 is 0 Å². The third-order valence-corrected chi connectivity index (χ3v) is 7.92. The molecule has 0 spiro atoms. The second kappa shape index (κ2) is 11.2. The number of hydrogen-bond acceptors (Lipinski definition) is 6. The van der Waals surface area contributed by atoms with Crippen LogP contribution < -0.4 is 14.8 Å². The maximum Gasteiger partial charge on any atom is 0.262 e. The molecule has 1 heterocycles. The van der Waals surface area contributed by atoms with E-state index in [-0.39, 0.29) is 29.4 Å². The van der Waals surface area contributed by atoms with Gasteiger partial charge in [0, 0.05) is 43.5 Å². The normalized spacial score (nSPS) is 17.3. The van der Waals surface area contributed by atoms with Gasteiger partial charge in [-0.05, 0) is 68.4 Å². The summed E-state index contributed by atoms with van der Waals surface area (Å²) in [6.07, 6.45) is 3.82. The van der Waals surface area contributed by atoms with Crippen LogP contribution in [0.5, 0.6) is 5.75 Å². The van der Waals surface area contributed by atoms with Crippen LogP contribution in [-0.2, 0) is 14.8 Å². The van der Waals surface area contributed by atoms with Crippen LogP contribution in [-0.4, -0.2) is 75.9 Å². The number of carbonyl (C=O) groups is 2. The Hall–Kier alpha value is -2.95. The molecule has 2 aromatic carbocycles. The van der Waals surface area contributed by atoms with Gasteiger partial charge in [0.05, 0.1) is 4.90 Å². The minimum Gasteiger partial charge on any atom is -0.484 e. The van der Waals surface area contributed by atoms with Gasteiger partial charge in [-0.3, -0.25) is 9.59 Å². The second-order valence-corrected chi connectivity index (χ2v) is 10.8. The van der Waals surface area contributed by atoms with Crippen LogP contribution in [0.25, 0.3) is 0 Å². The van der Waals surface area contributed by atoms with E-state index in [1.54, 1.807) is 24.3 Å². The summed E-state index contributed by atoms with van der Waals surface area (Å²) < 4.78 is 33.2. The quantitative estimate of drug-likeness (QED) is 0.576. The highest BCUT2D eigenvalue weighted by Gasteiger charge is 2.23. The Morgan fingerprint density at radius 3 is 2.20 bits per heavy atom. The van der Waals surface area contributed by atoms with Gasteiger partial charge < -0.3 is 19.9 Å². The van der Waals surface area contributed by atoms with Gasteiger partial charge in [0.15, 0.2) is 6.61 Å². The summed E-state index contributed by atoms with van der Waals surface area (Å²) in [5, 5.41) is 2.74. The van der Waals surface area contributed by atoms with Crippen LogP contribution in [0.1, 0.15) is 36.0 Å². The standard InChI is InChI=1S/C25H32N4O5S/c1-28-14-16-29(17-15-28)25(31)19-6-8-20(9-7-19)26-24(30)18-34-22-10-12-23(13-11-22)35(32,33)27-21-4-2-3-5-21/h6-13,21,27H,2-5,14-18H2,1H3,(H,26,30). The predicted octanol–water partition coefficient (Wildman–Crippen LogP) is 2.31. The van der Waals surface area contributed by atoms with Crippen LogP contribution in [0, 0.1) is 0 Å². The van der Waals surface area contributed by atoms with E-state index in [9.17, 15) is 18.0 Å². The average Bonchev–Trinajstić information content (AvgIpc) is 3.36. The molecule has 9 nitrogen and oxygen atoms in total.